The summed E-state index contributed by atoms with van der Waals surface area (Å²) < 4.78 is 5.70. The molecule has 1 atom stereocenters. The van der Waals surface area contributed by atoms with Gasteiger partial charge in [-0.3, -0.25) is 0 Å². The number of oxazole rings is 1. The van der Waals surface area contributed by atoms with Crippen LogP contribution in [0.4, 0.5) is 0 Å². The molecule has 4 heteroatoms. The van der Waals surface area contributed by atoms with E-state index in [1.165, 1.54) is 23.3 Å². The van der Waals surface area contributed by atoms with Gasteiger partial charge >= 0.3 is 0 Å². The van der Waals surface area contributed by atoms with Crippen molar-refractivity contribution in [2.45, 2.75) is 38.2 Å². The van der Waals surface area contributed by atoms with Crippen molar-refractivity contribution in [1.82, 2.24) is 4.98 Å². The quantitative estimate of drug-likeness (QED) is 0.794. The smallest absolute Gasteiger partial charge is 0.198 e. The monoisotopic (exact) mass is 299 g/mol. The van der Waals surface area contributed by atoms with Gasteiger partial charge < -0.3 is 9.52 Å². The van der Waals surface area contributed by atoms with Crippen LogP contribution >= 0.6 is 11.3 Å². The van der Waals surface area contributed by atoms with Gasteiger partial charge in [-0.1, -0.05) is 12.1 Å². The van der Waals surface area contributed by atoms with Crippen molar-refractivity contribution in [2.75, 3.05) is 0 Å². The summed E-state index contributed by atoms with van der Waals surface area (Å²) in [5, 5.41) is 10.5. The van der Waals surface area contributed by atoms with Gasteiger partial charge in [0.2, 0.25) is 0 Å². The fourth-order valence-corrected chi connectivity index (χ4v) is 4.19. The Balaban J connectivity index is 1.57. The maximum Gasteiger partial charge on any atom is 0.198 e. The van der Waals surface area contributed by atoms with Crippen molar-refractivity contribution >= 4 is 22.4 Å². The van der Waals surface area contributed by atoms with Gasteiger partial charge in [-0.25, -0.2) is 4.98 Å². The number of aromatic nitrogens is 1. The van der Waals surface area contributed by atoms with Gasteiger partial charge in [0, 0.05) is 9.75 Å². The van der Waals surface area contributed by atoms with Crippen LogP contribution in [-0.4, -0.2) is 10.1 Å². The largest absolute Gasteiger partial charge is 0.441 e. The average molecular weight is 299 g/mol. The highest BCUT2D eigenvalue weighted by molar-refractivity contribution is 7.12. The first kappa shape index (κ1) is 13.0. The number of para-hydroxylation sites is 2. The summed E-state index contributed by atoms with van der Waals surface area (Å²) in [6.07, 6.45) is 4.78. The molecule has 1 aliphatic carbocycles. The summed E-state index contributed by atoms with van der Waals surface area (Å²) in [5.41, 5.74) is 3.06. The summed E-state index contributed by atoms with van der Waals surface area (Å²) >= 11 is 1.75. The summed E-state index contributed by atoms with van der Waals surface area (Å²) in [7, 11) is 0. The molecule has 3 nitrogen and oxygen atoms in total. The first-order valence-electron chi connectivity index (χ1n) is 7.43. The molecular formula is C17H17NO2S. The van der Waals surface area contributed by atoms with Crippen LogP contribution in [0, 0.1) is 0 Å². The topological polar surface area (TPSA) is 46.3 Å². The van der Waals surface area contributed by atoms with Crippen molar-refractivity contribution in [2.24, 2.45) is 0 Å². The second kappa shape index (κ2) is 5.28. The molecule has 0 fully saturated rings. The molecule has 0 bridgehead atoms. The summed E-state index contributed by atoms with van der Waals surface area (Å²) in [6, 6.07) is 9.88. The van der Waals surface area contributed by atoms with Gasteiger partial charge in [-0.15, -0.1) is 11.3 Å². The lowest BCUT2D eigenvalue weighted by Crippen LogP contribution is -1.99. The molecule has 2 aromatic heterocycles. The summed E-state index contributed by atoms with van der Waals surface area (Å²) in [6.45, 7) is 0. The number of aryl methyl sites for hydroxylation is 2. The molecule has 0 amide bonds. The molecule has 1 aromatic carbocycles. The number of hydrogen-bond acceptors (Lipinski definition) is 4. The number of nitrogens with zero attached hydrogens (tertiary/aromatic N) is 1. The van der Waals surface area contributed by atoms with E-state index in [1.54, 1.807) is 11.3 Å². The van der Waals surface area contributed by atoms with Crippen molar-refractivity contribution in [1.29, 1.82) is 0 Å². The standard InChI is InChI=1S/C17H17NO2S/c19-13(16-9-11-5-1-4-8-15(11)21-16)10-17-18-12-6-2-3-7-14(12)20-17/h2-3,6-7,9,13,19H,1,4-5,8,10H2. The van der Waals surface area contributed by atoms with Gasteiger partial charge in [0.25, 0.3) is 0 Å². The van der Waals surface area contributed by atoms with E-state index in [1.807, 2.05) is 24.3 Å². The minimum absolute atomic E-state index is 0.439. The van der Waals surface area contributed by atoms with Crippen LogP contribution in [0.15, 0.2) is 34.7 Å². The van der Waals surface area contributed by atoms with E-state index in [2.05, 4.69) is 11.1 Å². The van der Waals surface area contributed by atoms with Crippen molar-refractivity contribution in [3.05, 3.63) is 51.5 Å². The van der Waals surface area contributed by atoms with Gasteiger partial charge in [-0.2, -0.15) is 0 Å². The van der Waals surface area contributed by atoms with Gasteiger partial charge in [0.15, 0.2) is 11.5 Å². The van der Waals surface area contributed by atoms with Crippen molar-refractivity contribution in [3.8, 4) is 0 Å². The second-order valence-electron chi connectivity index (χ2n) is 5.60. The summed E-state index contributed by atoms with van der Waals surface area (Å²) in [5.74, 6) is 0.607. The highest BCUT2D eigenvalue weighted by Gasteiger charge is 2.19. The number of fused-ring (bicyclic) bond motifs is 2. The third-order valence-corrected chi connectivity index (χ3v) is 5.39. The normalized spacial score (nSPS) is 16.0. The van der Waals surface area contributed by atoms with Gasteiger partial charge in [-0.05, 0) is 49.4 Å². The highest BCUT2D eigenvalue weighted by atomic mass is 32.1. The van der Waals surface area contributed by atoms with Crippen LogP contribution < -0.4 is 0 Å². The molecule has 0 aliphatic heterocycles. The van der Waals surface area contributed by atoms with Crippen LogP contribution in [0.5, 0.6) is 0 Å². The van der Waals surface area contributed by atoms with E-state index < -0.39 is 6.10 Å². The molecule has 3 aromatic rings. The SMILES string of the molecule is OC(Cc1nc2ccccc2o1)c1cc2c(s1)CCCC2. The minimum Gasteiger partial charge on any atom is -0.441 e. The molecule has 0 radical (unpaired) electrons. The van der Waals surface area contributed by atoms with E-state index in [0.29, 0.717) is 12.3 Å². The number of hydrogen-bond donors (Lipinski definition) is 1. The Morgan fingerprint density at radius 3 is 2.95 bits per heavy atom. The third-order valence-electron chi connectivity index (χ3n) is 4.05. The maximum absolute atomic E-state index is 10.5. The zero-order valence-corrected chi connectivity index (χ0v) is 12.5. The highest BCUT2D eigenvalue weighted by Crippen LogP contribution is 2.34. The Morgan fingerprint density at radius 2 is 2.10 bits per heavy atom. The van der Waals surface area contributed by atoms with Gasteiger partial charge in [0.05, 0.1) is 12.5 Å². The number of aliphatic hydroxyl groups is 1. The lowest BCUT2D eigenvalue weighted by molar-refractivity contribution is 0.173. The molecule has 4 rings (SSSR count). The molecule has 1 N–H and O–H groups in total. The Labute approximate surface area is 127 Å². The van der Waals surface area contributed by atoms with Gasteiger partial charge in [0.1, 0.15) is 5.52 Å². The van der Waals surface area contributed by atoms with Crippen molar-refractivity contribution in [3.63, 3.8) is 0 Å². The number of aliphatic hydroxyl groups excluding tert-OH is 1. The molecule has 1 aliphatic rings. The Morgan fingerprint density at radius 1 is 1.24 bits per heavy atom. The van der Waals surface area contributed by atoms with Crippen LogP contribution in [0.3, 0.4) is 0 Å². The zero-order chi connectivity index (χ0) is 14.2. The molecule has 0 spiro atoms. The van der Waals surface area contributed by atoms with Crippen LogP contribution in [0.2, 0.25) is 0 Å². The molecule has 108 valence electrons. The van der Waals surface area contributed by atoms with E-state index in [-0.39, 0.29) is 0 Å². The first-order chi connectivity index (χ1) is 10.3. The van der Waals surface area contributed by atoms with Crippen LogP contribution in [-0.2, 0) is 19.3 Å². The Kier molecular flexibility index (Phi) is 3.28. The number of benzene rings is 1. The lowest BCUT2D eigenvalue weighted by atomic mass is 9.99. The fourth-order valence-electron chi connectivity index (χ4n) is 2.95. The molecule has 0 saturated carbocycles. The van der Waals surface area contributed by atoms with E-state index in [9.17, 15) is 5.11 Å². The molecule has 0 saturated heterocycles. The molecule has 21 heavy (non-hydrogen) atoms. The molecule has 1 unspecified atom stereocenters. The van der Waals surface area contributed by atoms with E-state index in [4.69, 9.17) is 4.42 Å². The maximum atomic E-state index is 10.5. The first-order valence-corrected chi connectivity index (χ1v) is 8.25. The second-order valence-corrected chi connectivity index (χ2v) is 6.77. The molecular weight excluding hydrogens is 282 g/mol. The minimum atomic E-state index is -0.520. The van der Waals surface area contributed by atoms with Crippen LogP contribution in [0.25, 0.3) is 11.1 Å². The predicted molar refractivity (Wildman–Crippen MR) is 83.6 cm³/mol. The lowest BCUT2D eigenvalue weighted by Gasteiger charge is -2.08. The third kappa shape index (κ3) is 2.49. The van der Waals surface area contributed by atoms with E-state index >= 15 is 0 Å². The van der Waals surface area contributed by atoms with Crippen molar-refractivity contribution < 1.29 is 9.52 Å². The van der Waals surface area contributed by atoms with Crippen LogP contribution in [0.1, 0.15) is 40.2 Å². The fraction of sp³-hybridized carbons (Fsp3) is 0.353. The molecule has 2 heterocycles. The average Bonchev–Trinajstić information content (AvgIpc) is 3.10. The zero-order valence-electron chi connectivity index (χ0n) is 11.7. The number of rotatable bonds is 3. The summed E-state index contributed by atoms with van der Waals surface area (Å²) in [4.78, 5) is 6.94. The Bertz CT molecular complexity index is 718. The predicted octanol–water partition coefficient (Wildman–Crippen LogP) is 4.04. The van der Waals surface area contributed by atoms with E-state index in [0.717, 1.165) is 28.8 Å². The number of thiophene rings is 1. The Hall–Kier alpha value is -1.65.